The monoisotopic (exact) mass is 419 g/mol. The summed E-state index contributed by atoms with van der Waals surface area (Å²) in [5.41, 5.74) is 0.129. The number of carbonyl (C=O) groups is 1. The van der Waals surface area contributed by atoms with Gasteiger partial charge in [-0.2, -0.15) is 10.5 Å². The van der Waals surface area contributed by atoms with E-state index in [2.05, 4.69) is 6.58 Å². The van der Waals surface area contributed by atoms with Crippen molar-refractivity contribution in [1.29, 1.82) is 10.5 Å². The van der Waals surface area contributed by atoms with E-state index >= 15 is 0 Å². The van der Waals surface area contributed by atoms with Crippen LogP contribution in [0.2, 0.25) is 0 Å². The summed E-state index contributed by atoms with van der Waals surface area (Å²) in [6.45, 7) is 7.03. The molecule has 0 unspecified atom stereocenters. The molecule has 1 saturated heterocycles. The maximum atomic E-state index is 11.9. The van der Waals surface area contributed by atoms with Gasteiger partial charge < -0.3 is 14.5 Å². The summed E-state index contributed by atoms with van der Waals surface area (Å²) in [7, 11) is 0. The minimum Gasteiger partial charge on any atom is -0.450 e. The van der Waals surface area contributed by atoms with Gasteiger partial charge in [-0.15, -0.1) is 11.3 Å². The molecule has 9 nitrogen and oxygen atoms in total. The van der Waals surface area contributed by atoms with Gasteiger partial charge >= 0.3 is 11.8 Å². The van der Waals surface area contributed by atoms with Crippen LogP contribution in [-0.4, -0.2) is 48.7 Å². The Labute approximate surface area is 170 Å². The number of hydrogen-bond donors (Lipinski definition) is 0. The summed E-state index contributed by atoms with van der Waals surface area (Å²) >= 11 is 2.25. The Balaban J connectivity index is 2.44. The number of nitro groups is 1. The Morgan fingerprint density at radius 2 is 2.04 bits per heavy atom. The zero-order valence-corrected chi connectivity index (χ0v) is 16.7. The van der Waals surface area contributed by atoms with Crippen molar-refractivity contribution in [2.75, 3.05) is 37.7 Å². The molecule has 0 aliphatic carbocycles. The van der Waals surface area contributed by atoms with E-state index in [1.54, 1.807) is 28.9 Å². The third-order valence-corrected chi connectivity index (χ3v) is 5.89. The number of rotatable bonds is 6. The van der Waals surface area contributed by atoms with Crippen LogP contribution >= 0.6 is 23.1 Å². The van der Waals surface area contributed by atoms with Crippen molar-refractivity contribution >= 4 is 46.6 Å². The molecule has 28 heavy (non-hydrogen) atoms. The van der Waals surface area contributed by atoms with E-state index in [1.165, 1.54) is 11.5 Å². The second-order valence-corrected chi connectivity index (χ2v) is 7.74. The van der Waals surface area contributed by atoms with Gasteiger partial charge in [0.25, 0.3) is 0 Å². The lowest BCUT2D eigenvalue weighted by Crippen LogP contribution is -2.49. The molecule has 1 aromatic heterocycles. The first kappa shape index (κ1) is 21.3. The molecular formula is C17H17N5O4S2. The van der Waals surface area contributed by atoms with Crippen LogP contribution in [0.1, 0.15) is 11.8 Å². The number of thiophene rings is 1. The maximum Gasteiger partial charge on any atom is 0.409 e. The molecule has 0 atom stereocenters. The third kappa shape index (κ3) is 4.63. The van der Waals surface area contributed by atoms with Gasteiger partial charge in [-0.3, -0.25) is 10.1 Å². The molecule has 2 rings (SSSR count). The Morgan fingerprint density at radius 1 is 1.39 bits per heavy atom. The highest BCUT2D eigenvalue weighted by atomic mass is 32.2. The number of amides is 1. The summed E-state index contributed by atoms with van der Waals surface area (Å²) < 4.78 is 5.41. The molecule has 146 valence electrons. The highest BCUT2D eigenvalue weighted by Gasteiger charge is 2.33. The van der Waals surface area contributed by atoms with Crippen LogP contribution in [0.4, 0.5) is 16.2 Å². The Kier molecular flexibility index (Phi) is 7.44. The number of thioether (sulfide) groups is 1. The van der Waals surface area contributed by atoms with Gasteiger partial charge in [0, 0.05) is 26.2 Å². The molecule has 1 aliphatic rings. The molecule has 0 N–H and O–H groups in total. The first-order valence-corrected chi connectivity index (χ1v) is 9.93. The minimum atomic E-state index is -0.467. The fourth-order valence-electron chi connectivity index (χ4n) is 2.68. The zero-order chi connectivity index (χ0) is 20.7. The fraction of sp³-hybridized carbons (Fsp3) is 0.353. The highest BCUT2D eigenvalue weighted by molar-refractivity contribution is 8.04. The largest absolute Gasteiger partial charge is 0.450 e. The number of carbonyl (C=O) groups excluding carboxylic acids is 1. The molecule has 0 saturated carbocycles. The van der Waals surface area contributed by atoms with Crippen LogP contribution in [0.5, 0.6) is 0 Å². The molecule has 11 heteroatoms. The maximum absolute atomic E-state index is 11.9. The van der Waals surface area contributed by atoms with Crippen molar-refractivity contribution in [2.45, 2.75) is 11.1 Å². The predicted molar refractivity (Wildman–Crippen MR) is 107 cm³/mol. The van der Waals surface area contributed by atoms with Crippen LogP contribution in [0.15, 0.2) is 21.8 Å². The first-order valence-electron chi connectivity index (χ1n) is 8.24. The van der Waals surface area contributed by atoms with Crippen LogP contribution < -0.4 is 4.90 Å². The summed E-state index contributed by atoms with van der Waals surface area (Å²) in [5, 5.41) is 31.4. The molecule has 1 aromatic rings. The zero-order valence-electron chi connectivity index (χ0n) is 15.1. The van der Waals surface area contributed by atoms with E-state index in [9.17, 15) is 14.9 Å². The third-order valence-electron chi connectivity index (χ3n) is 3.86. The highest BCUT2D eigenvalue weighted by Crippen LogP contribution is 2.48. The van der Waals surface area contributed by atoms with E-state index in [1.807, 2.05) is 0 Å². The van der Waals surface area contributed by atoms with E-state index < -0.39 is 11.0 Å². The van der Waals surface area contributed by atoms with Crippen molar-refractivity contribution in [3.63, 3.8) is 0 Å². The minimum absolute atomic E-state index is 0.0824. The average molecular weight is 419 g/mol. The molecule has 1 fully saturated rings. The molecule has 0 bridgehead atoms. The van der Waals surface area contributed by atoms with Crippen molar-refractivity contribution in [3.05, 3.63) is 32.6 Å². The first-order chi connectivity index (χ1) is 13.5. The SMILES string of the molecule is C=CSc1sc(C=C(C#N)C#N)c(N2CCN(C(=O)OCC)CC2)c1[N+](=O)[O-]. The summed E-state index contributed by atoms with van der Waals surface area (Å²) in [6, 6.07) is 3.56. The van der Waals surface area contributed by atoms with E-state index in [4.69, 9.17) is 15.3 Å². The number of nitriles is 2. The van der Waals surface area contributed by atoms with Gasteiger partial charge in [0.05, 0.1) is 16.4 Å². The Morgan fingerprint density at radius 3 is 2.54 bits per heavy atom. The van der Waals surface area contributed by atoms with Crippen LogP contribution in [-0.2, 0) is 4.74 Å². The van der Waals surface area contributed by atoms with Gasteiger partial charge in [0.1, 0.15) is 27.6 Å². The summed E-state index contributed by atoms with van der Waals surface area (Å²) in [4.78, 5) is 27.0. The second-order valence-electron chi connectivity index (χ2n) is 5.45. The summed E-state index contributed by atoms with van der Waals surface area (Å²) in [5.74, 6) is 0. The van der Waals surface area contributed by atoms with E-state index in [0.717, 1.165) is 23.1 Å². The number of hydrogen-bond acceptors (Lipinski definition) is 9. The number of allylic oxidation sites excluding steroid dienone is 1. The van der Waals surface area contributed by atoms with Crippen molar-refractivity contribution in [3.8, 4) is 12.1 Å². The normalized spacial score (nSPS) is 13.2. The molecule has 0 radical (unpaired) electrons. The van der Waals surface area contributed by atoms with Gasteiger partial charge in [-0.25, -0.2) is 4.79 Å². The van der Waals surface area contributed by atoms with Crippen LogP contribution in [0.25, 0.3) is 6.08 Å². The predicted octanol–water partition coefficient (Wildman–Crippen LogP) is 3.60. The molecule has 1 aliphatic heterocycles. The van der Waals surface area contributed by atoms with Crippen LogP contribution in [0.3, 0.4) is 0 Å². The second kappa shape index (κ2) is 9.78. The quantitative estimate of drug-likeness (QED) is 0.296. The number of ether oxygens (including phenoxy) is 1. The molecule has 2 heterocycles. The smallest absolute Gasteiger partial charge is 0.409 e. The molecular weight excluding hydrogens is 402 g/mol. The lowest BCUT2D eigenvalue weighted by atomic mass is 10.2. The van der Waals surface area contributed by atoms with Crippen molar-refractivity contribution in [2.24, 2.45) is 0 Å². The lowest BCUT2D eigenvalue weighted by molar-refractivity contribution is -0.386. The fourth-order valence-corrected chi connectivity index (χ4v) is 4.74. The average Bonchev–Trinajstić information content (AvgIpc) is 3.04. The summed E-state index contributed by atoms with van der Waals surface area (Å²) in [6.07, 6.45) is 0.943. The lowest BCUT2D eigenvalue weighted by Gasteiger charge is -2.34. The molecule has 0 spiro atoms. The van der Waals surface area contributed by atoms with Crippen molar-refractivity contribution < 1.29 is 14.5 Å². The van der Waals surface area contributed by atoms with Crippen molar-refractivity contribution in [1.82, 2.24) is 4.90 Å². The Bertz CT molecular complexity index is 873. The van der Waals surface area contributed by atoms with Gasteiger partial charge in [-0.05, 0) is 18.4 Å². The molecule has 0 aromatic carbocycles. The Hall–Kier alpha value is -3.02. The number of nitrogens with zero attached hydrogens (tertiary/aromatic N) is 5. The number of anilines is 1. The number of piperazine rings is 1. The molecule has 1 amide bonds. The van der Waals surface area contributed by atoms with Crippen LogP contribution in [0, 0.1) is 32.8 Å². The van der Waals surface area contributed by atoms with Gasteiger partial charge in [0.2, 0.25) is 0 Å². The van der Waals surface area contributed by atoms with Gasteiger partial charge in [-0.1, -0.05) is 18.3 Å². The van der Waals surface area contributed by atoms with E-state index in [0.29, 0.717) is 41.0 Å². The van der Waals surface area contributed by atoms with E-state index in [-0.39, 0.29) is 17.9 Å². The standard InChI is InChI=1S/C17H17N5O4S2/c1-3-26-17(23)21-7-5-20(6-8-21)14-13(9-12(10-18)11-19)28-16(27-4-2)15(14)22(24)25/h4,9H,2-3,5-8H2,1H3. The topological polar surface area (TPSA) is 124 Å². The van der Waals surface area contributed by atoms with Gasteiger partial charge in [0.15, 0.2) is 0 Å².